The van der Waals surface area contributed by atoms with Crippen LogP contribution in [-0.4, -0.2) is 51.2 Å². The van der Waals surface area contributed by atoms with E-state index in [1.54, 1.807) is 12.0 Å². The van der Waals surface area contributed by atoms with Crippen molar-refractivity contribution in [3.8, 4) is 6.01 Å². The van der Waals surface area contributed by atoms with Gasteiger partial charge in [0.2, 0.25) is 0 Å². The predicted octanol–water partition coefficient (Wildman–Crippen LogP) is 2.77. The van der Waals surface area contributed by atoms with Gasteiger partial charge in [0.05, 0.1) is 18.5 Å². The average Bonchev–Trinajstić information content (AvgIpc) is 3.09. The van der Waals surface area contributed by atoms with E-state index in [-0.39, 0.29) is 12.0 Å². The highest BCUT2D eigenvalue weighted by Crippen LogP contribution is 2.29. The first-order valence-corrected chi connectivity index (χ1v) is 8.15. The molecule has 0 radical (unpaired) electrons. The van der Waals surface area contributed by atoms with Crippen LogP contribution < -0.4 is 4.74 Å². The Morgan fingerprint density at radius 1 is 1.33 bits per heavy atom. The lowest BCUT2D eigenvalue weighted by Crippen LogP contribution is -2.35. The topological polar surface area (TPSA) is 69.0 Å². The fourth-order valence-corrected chi connectivity index (χ4v) is 2.95. The molecule has 1 amide bonds. The van der Waals surface area contributed by atoms with E-state index in [1.807, 2.05) is 44.4 Å². The minimum absolute atomic E-state index is 0.161. The van der Waals surface area contributed by atoms with Crippen molar-refractivity contribution in [3.63, 3.8) is 0 Å². The second-order valence-electron chi connectivity index (χ2n) is 7.19. The number of aromatic nitrogens is 3. The molecule has 1 aliphatic rings. The van der Waals surface area contributed by atoms with Crippen LogP contribution in [-0.2, 0) is 4.74 Å². The number of methoxy groups -OCH3 is 1. The highest BCUT2D eigenvalue weighted by atomic mass is 16.6. The van der Waals surface area contributed by atoms with Gasteiger partial charge in [-0.05, 0) is 34.1 Å². The van der Waals surface area contributed by atoms with Gasteiger partial charge in [-0.2, -0.15) is 0 Å². The third kappa shape index (κ3) is 3.29. The van der Waals surface area contributed by atoms with E-state index < -0.39 is 5.60 Å². The van der Waals surface area contributed by atoms with Crippen molar-refractivity contribution in [1.29, 1.82) is 0 Å². The zero-order valence-electron chi connectivity index (χ0n) is 14.9. The Labute approximate surface area is 141 Å². The summed E-state index contributed by atoms with van der Waals surface area (Å²) in [6.07, 6.45) is 2.48. The summed E-state index contributed by atoms with van der Waals surface area (Å²) >= 11 is 0. The van der Waals surface area contributed by atoms with Gasteiger partial charge in [0.15, 0.2) is 0 Å². The first-order valence-electron chi connectivity index (χ1n) is 8.15. The Morgan fingerprint density at radius 3 is 2.75 bits per heavy atom. The fourth-order valence-electron chi connectivity index (χ4n) is 2.95. The number of ether oxygens (including phenoxy) is 2. The lowest BCUT2D eigenvalue weighted by molar-refractivity contribution is 0.0292. The molecule has 0 aliphatic carbocycles. The predicted molar refractivity (Wildman–Crippen MR) is 89.4 cm³/mol. The maximum absolute atomic E-state index is 12.2. The molecule has 0 spiro atoms. The monoisotopic (exact) mass is 332 g/mol. The molecule has 0 aromatic carbocycles. The van der Waals surface area contributed by atoms with Gasteiger partial charge in [0.1, 0.15) is 11.2 Å². The summed E-state index contributed by atoms with van der Waals surface area (Å²) in [7, 11) is 1.60. The van der Waals surface area contributed by atoms with Crippen molar-refractivity contribution in [3.05, 3.63) is 23.7 Å². The number of carbonyl (C=O) groups is 1. The number of hydrogen-bond donors (Lipinski definition) is 0. The first kappa shape index (κ1) is 16.5. The van der Waals surface area contributed by atoms with Crippen molar-refractivity contribution >= 4 is 11.7 Å². The number of hydrogen-bond acceptors (Lipinski definition) is 5. The number of nitrogens with zero attached hydrogens (tertiary/aromatic N) is 4. The van der Waals surface area contributed by atoms with E-state index >= 15 is 0 Å². The van der Waals surface area contributed by atoms with Crippen LogP contribution in [0.15, 0.2) is 12.3 Å². The van der Waals surface area contributed by atoms with Gasteiger partial charge in [-0.25, -0.2) is 14.8 Å². The normalized spacial score (nSPS) is 18.2. The molecular formula is C17H24N4O3. The number of carbonyl (C=O) groups excluding carboxylic acids is 1. The molecule has 1 unspecified atom stereocenters. The van der Waals surface area contributed by atoms with Crippen molar-refractivity contribution < 1.29 is 14.3 Å². The number of fused-ring (bicyclic) bond motifs is 1. The molecule has 7 nitrogen and oxygen atoms in total. The van der Waals surface area contributed by atoms with Crippen molar-refractivity contribution in [1.82, 2.24) is 19.3 Å². The van der Waals surface area contributed by atoms with E-state index in [4.69, 9.17) is 9.47 Å². The lowest BCUT2D eigenvalue weighted by atomic mass is 10.0. The Bertz CT molecular complexity index is 763. The number of amides is 1. The number of rotatable bonds is 2. The van der Waals surface area contributed by atoms with Crippen LogP contribution in [0, 0.1) is 6.92 Å². The largest absolute Gasteiger partial charge is 0.468 e. The SMILES string of the molecule is COc1nc(C2CCN(C(=O)OC(C)(C)C)C2)cc2nc(C)cn12. The quantitative estimate of drug-likeness (QED) is 0.846. The molecule has 2 aromatic heterocycles. The van der Waals surface area contributed by atoms with Gasteiger partial charge >= 0.3 is 12.1 Å². The summed E-state index contributed by atoms with van der Waals surface area (Å²) < 4.78 is 12.7. The van der Waals surface area contributed by atoms with Crippen molar-refractivity contribution in [2.75, 3.05) is 20.2 Å². The van der Waals surface area contributed by atoms with Gasteiger partial charge in [-0.15, -0.1) is 0 Å². The van der Waals surface area contributed by atoms with Crippen LogP contribution in [0.3, 0.4) is 0 Å². The van der Waals surface area contributed by atoms with E-state index in [9.17, 15) is 4.79 Å². The van der Waals surface area contributed by atoms with Crippen LogP contribution in [0.2, 0.25) is 0 Å². The second kappa shape index (κ2) is 5.96. The van der Waals surface area contributed by atoms with Crippen LogP contribution in [0.4, 0.5) is 4.79 Å². The summed E-state index contributed by atoms with van der Waals surface area (Å²) in [5.41, 5.74) is 2.14. The molecule has 1 saturated heterocycles. The smallest absolute Gasteiger partial charge is 0.410 e. The average molecular weight is 332 g/mol. The summed E-state index contributed by atoms with van der Waals surface area (Å²) in [4.78, 5) is 23.1. The first-order chi connectivity index (χ1) is 11.3. The van der Waals surface area contributed by atoms with Gasteiger partial charge < -0.3 is 14.4 Å². The third-order valence-electron chi connectivity index (χ3n) is 4.00. The van der Waals surface area contributed by atoms with Crippen LogP contribution in [0.25, 0.3) is 5.65 Å². The van der Waals surface area contributed by atoms with Crippen LogP contribution in [0.1, 0.15) is 44.5 Å². The number of imidazole rings is 1. The second-order valence-corrected chi connectivity index (χ2v) is 7.19. The molecule has 1 atom stereocenters. The third-order valence-corrected chi connectivity index (χ3v) is 4.00. The van der Waals surface area contributed by atoms with E-state index in [1.165, 1.54) is 0 Å². The lowest BCUT2D eigenvalue weighted by Gasteiger charge is -2.24. The van der Waals surface area contributed by atoms with Crippen LogP contribution in [0.5, 0.6) is 6.01 Å². The van der Waals surface area contributed by atoms with Gasteiger partial charge in [-0.1, -0.05) is 0 Å². The Balaban J connectivity index is 1.80. The Kier molecular flexibility index (Phi) is 4.11. The molecule has 0 bridgehead atoms. The highest BCUT2D eigenvalue weighted by molar-refractivity contribution is 5.68. The number of aryl methyl sites for hydroxylation is 1. The van der Waals surface area contributed by atoms with E-state index in [0.717, 1.165) is 23.5 Å². The van der Waals surface area contributed by atoms with Crippen LogP contribution >= 0.6 is 0 Å². The molecule has 130 valence electrons. The maximum Gasteiger partial charge on any atom is 0.410 e. The van der Waals surface area contributed by atoms with Gasteiger partial charge in [0, 0.05) is 31.3 Å². The minimum atomic E-state index is -0.483. The summed E-state index contributed by atoms with van der Waals surface area (Å²) in [6.45, 7) is 8.83. The maximum atomic E-state index is 12.2. The molecule has 0 N–H and O–H groups in total. The molecule has 24 heavy (non-hydrogen) atoms. The minimum Gasteiger partial charge on any atom is -0.468 e. The molecule has 3 heterocycles. The molecular weight excluding hydrogens is 308 g/mol. The van der Waals surface area contributed by atoms with E-state index in [2.05, 4.69) is 9.97 Å². The summed E-state index contributed by atoms with van der Waals surface area (Å²) in [5, 5.41) is 0. The summed E-state index contributed by atoms with van der Waals surface area (Å²) in [5.74, 6) is 0.161. The fraction of sp³-hybridized carbons (Fsp3) is 0.588. The molecule has 7 heteroatoms. The highest BCUT2D eigenvalue weighted by Gasteiger charge is 2.31. The Morgan fingerprint density at radius 2 is 2.08 bits per heavy atom. The standard InChI is InChI=1S/C17H24N4O3/c1-11-9-21-14(18-11)8-13(19-15(21)23-5)12-6-7-20(10-12)16(22)24-17(2,3)4/h8-9,12H,6-7,10H2,1-5H3. The molecule has 1 aliphatic heterocycles. The molecule has 2 aromatic rings. The summed E-state index contributed by atoms with van der Waals surface area (Å²) in [6, 6.07) is 2.48. The zero-order chi connectivity index (χ0) is 17.5. The Hall–Kier alpha value is -2.31. The molecule has 0 saturated carbocycles. The molecule has 1 fully saturated rings. The zero-order valence-corrected chi connectivity index (χ0v) is 14.9. The van der Waals surface area contributed by atoms with Gasteiger partial charge in [0.25, 0.3) is 0 Å². The van der Waals surface area contributed by atoms with Gasteiger partial charge in [-0.3, -0.25) is 4.40 Å². The molecule has 3 rings (SSSR count). The van der Waals surface area contributed by atoms with Crippen molar-refractivity contribution in [2.24, 2.45) is 0 Å². The number of likely N-dealkylation sites (tertiary alicyclic amines) is 1. The van der Waals surface area contributed by atoms with E-state index in [0.29, 0.717) is 19.1 Å². The van der Waals surface area contributed by atoms with Crippen molar-refractivity contribution in [2.45, 2.75) is 45.6 Å².